The zero-order valence-electron chi connectivity index (χ0n) is 11.3. The van der Waals surface area contributed by atoms with Crippen molar-refractivity contribution >= 4 is 16.9 Å². The Morgan fingerprint density at radius 2 is 2.00 bits per heavy atom. The van der Waals surface area contributed by atoms with Gasteiger partial charge in [-0.25, -0.2) is 0 Å². The third kappa shape index (κ3) is 2.65. The van der Waals surface area contributed by atoms with Gasteiger partial charge in [-0.3, -0.25) is 0 Å². The Balaban J connectivity index is 2.40. The Kier molecular flexibility index (Phi) is 3.57. The zero-order chi connectivity index (χ0) is 13.1. The number of nitrogens with zero attached hydrogens (tertiary/aromatic N) is 5. The molecule has 0 unspecified atom stereocenters. The van der Waals surface area contributed by atoms with Crippen molar-refractivity contribution in [1.29, 1.82) is 0 Å². The van der Waals surface area contributed by atoms with E-state index in [4.69, 9.17) is 0 Å². The van der Waals surface area contributed by atoms with Crippen molar-refractivity contribution in [2.24, 2.45) is 5.10 Å². The van der Waals surface area contributed by atoms with Gasteiger partial charge in [-0.05, 0) is 41.3 Å². The highest BCUT2D eigenvalue weighted by Crippen LogP contribution is 2.03. The molecule has 1 aromatic carbocycles. The van der Waals surface area contributed by atoms with Crippen LogP contribution >= 0.6 is 0 Å². The molecule has 0 aliphatic rings. The first-order chi connectivity index (χ1) is 8.58. The van der Waals surface area contributed by atoms with Crippen molar-refractivity contribution in [3.63, 3.8) is 0 Å². The van der Waals surface area contributed by atoms with Crippen LogP contribution in [0.4, 0.5) is 0 Å². The molecule has 0 amide bonds. The van der Waals surface area contributed by atoms with E-state index in [0.717, 1.165) is 23.4 Å². The van der Waals surface area contributed by atoms with Crippen molar-refractivity contribution in [3.8, 4) is 0 Å². The van der Waals surface area contributed by atoms with Gasteiger partial charge in [0.2, 0.25) is 5.52 Å². The Labute approximate surface area is 106 Å². The second-order valence-electron chi connectivity index (χ2n) is 4.66. The lowest BCUT2D eigenvalue weighted by atomic mass is 10.3. The molecule has 0 fully saturated rings. The summed E-state index contributed by atoms with van der Waals surface area (Å²) in [6.07, 6.45) is 0. The van der Waals surface area contributed by atoms with Crippen LogP contribution in [0.1, 0.15) is 0 Å². The highest BCUT2D eigenvalue weighted by atomic mass is 15.6. The first-order valence-electron chi connectivity index (χ1n) is 5.83. The Morgan fingerprint density at radius 1 is 1.28 bits per heavy atom. The van der Waals surface area contributed by atoms with E-state index in [1.807, 2.05) is 57.4 Å². The molecule has 1 aromatic heterocycles. The van der Waals surface area contributed by atoms with E-state index in [9.17, 15) is 0 Å². The Morgan fingerprint density at radius 3 is 2.67 bits per heavy atom. The average molecular weight is 247 g/mol. The molecular formula is C12H19N6+. The number of hydrogen-bond donors (Lipinski definition) is 1. The molecule has 0 aliphatic carbocycles. The van der Waals surface area contributed by atoms with E-state index in [-0.39, 0.29) is 0 Å². The predicted octanol–water partition coefficient (Wildman–Crippen LogP) is 0.135. The van der Waals surface area contributed by atoms with E-state index in [1.165, 1.54) is 0 Å². The van der Waals surface area contributed by atoms with Crippen LogP contribution < -0.4 is 4.79 Å². The van der Waals surface area contributed by atoms with Gasteiger partial charge < -0.3 is 9.80 Å². The monoisotopic (exact) mass is 247 g/mol. The molecule has 0 aliphatic heterocycles. The topological polar surface area (TPSA) is 51.4 Å². The molecular weight excluding hydrogens is 228 g/mol. The minimum absolute atomic E-state index is 0.771. The summed E-state index contributed by atoms with van der Waals surface area (Å²) in [6, 6.07) is 7.89. The summed E-state index contributed by atoms with van der Waals surface area (Å²) in [4.78, 5) is 5.79. The maximum atomic E-state index is 4.59. The van der Waals surface area contributed by atoms with Crippen molar-refractivity contribution in [1.82, 2.24) is 20.1 Å². The lowest BCUT2D eigenvalue weighted by Gasteiger charge is -2.17. The fourth-order valence-corrected chi connectivity index (χ4v) is 1.63. The molecule has 6 nitrogen and oxygen atoms in total. The molecule has 2 rings (SSSR count). The number of para-hydroxylation sites is 2. The zero-order valence-corrected chi connectivity index (χ0v) is 11.3. The number of likely N-dealkylation sites (N-methyl/N-ethyl adjacent to an activating group) is 2. The van der Waals surface area contributed by atoms with Crippen LogP contribution in [0.15, 0.2) is 29.4 Å². The lowest BCUT2D eigenvalue weighted by molar-refractivity contribution is -0.714. The first kappa shape index (κ1) is 12.5. The van der Waals surface area contributed by atoms with Gasteiger partial charge in [0, 0.05) is 19.2 Å². The van der Waals surface area contributed by atoms with E-state index in [2.05, 4.69) is 20.3 Å². The van der Waals surface area contributed by atoms with Crippen LogP contribution in [0.5, 0.6) is 0 Å². The molecule has 0 atom stereocenters. The predicted molar refractivity (Wildman–Crippen MR) is 71.4 cm³/mol. The number of aromatic amines is 1. The quantitative estimate of drug-likeness (QED) is 0.477. The van der Waals surface area contributed by atoms with Crippen LogP contribution in [0, 0.1) is 0 Å². The summed E-state index contributed by atoms with van der Waals surface area (Å²) < 4.78 is 0. The largest absolute Gasteiger partial charge is 0.362 e. The number of amidine groups is 1. The van der Waals surface area contributed by atoms with Gasteiger partial charge in [0.1, 0.15) is 0 Å². The van der Waals surface area contributed by atoms with Gasteiger partial charge in [0.25, 0.3) is 5.52 Å². The van der Waals surface area contributed by atoms with Gasteiger partial charge in [-0.2, -0.15) is 0 Å². The molecule has 6 heteroatoms. The fraction of sp³-hybridized carbons (Fsp3) is 0.417. The standard InChI is InChI=1S/C12H18N6/c1-16(2)9-12(17(3)4)14-18-11-8-6-5-7-10(11)13-15-18/h5-8H,9H2,1-4H3/p+1/b14-12-. The number of aromatic nitrogens is 3. The second-order valence-corrected chi connectivity index (χ2v) is 4.66. The molecule has 18 heavy (non-hydrogen) atoms. The summed E-state index contributed by atoms with van der Waals surface area (Å²) in [5, 5.41) is 11.7. The molecule has 0 spiro atoms. The smallest absolute Gasteiger partial charge is 0.251 e. The van der Waals surface area contributed by atoms with Crippen molar-refractivity contribution in [3.05, 3.63) is 24.3 Å². The summed E-state index contributed by atoms with van der Waals surface area (Å²) in [6.45, 7) is 0.771. The molecule has 0 radical (unpaired) electrons. The van der Waals surface area contributed by atoms with Gasteiger partial charge in [-0.15, -0.1) is 0 Å². The highest BCUT2D eigenvalue weighted by Gasteiger charge is 2.13. The number of hydrogen-bond acceptors (Lipinski definition) is 3. The van der Waals surface area contributed by atoms with Gasteiger partial charge >= 0.3 is 0 Å². The molecule has 96 valence electrons. The van der Waals surface area contributed by atoms with Crippen LogP contribution in [-0.4, -0.2) is 60.7 Å². The number of rotatable bonds is 3. The molecule has 0 bridgehead atoms. The highest BCUT2D eigenvalue weighted by molar-refractivity contribution is 5.83. The lowest BCUT2D eigenvalue weighted by Crippen LogP contribution is -2.40. The average Bonchev–Trinajstić information content (AvgIpc) is 2.71. The summed E-state index contributed by atoms with van der Waals surface area (Å²) in [7, 11) is 8.02. The molecule has 0 saturated carbocycles. The van der Waals surface area contributed by atoms with Gasteiger partial charge in [0.05, 0.1) is 6.54 Å². The number of nitrogens with one attached hydrogen (secondary N) is 1. The van der Waals surface area contributed by atoms with Gasteiger partial charge in [0.15, 0.2) is 5.84 Å². The van der Waals surface area contributed by atoms with Crippen LogP contribution in [-0.2, 0) is 0 Å². The van der Waals surface area contributed by atoms with E-state index < -0.39 is 0 Å². The third-order valence-corrected chi connectivity index (χ3v) is 2.56. The normalized spacial score (nSPS) is 12.4. The van der Waals surface area contributed by atoms with Crippen molar-refractivity contribution in [2.45, 2.75) is 0 Å². The minimum atomic E-state index is 0.771. The van der Waals surface area contributed by atoms with E-state index in [0.29, 0.717) is 0 Å². The SMILES string of the molecule is CN(C)C/C(=N/[n+]1[nH]nc2ccccc21)N(C)C. The van der Waals surface area contributed by atoms with Crippen LogP contribution in [0.3, 0.4) is 0 Å². The number of H-pyrrole nitrogens is 1. The van der Waals surface area contributed by atoms with Crippen molar-refractivity contribution < 1.29 is 4.79 Å². The number of benzene rings is 1. The maximum Gasteiger partial charge on any atom is 0.251 e. The summed E-state index contributed by atoms with van der Waals surface area (Å²) >= 11 is 0. The second kappa shape index (κ2) is 5.14. The van der Waals surface area contributed by atoms with E-state index in [1.54, 1.807) is 4.79 Å². The molecule has 0 saturated heterocycles. The molecule has 1 heterocycles. The molecule has 2 aromatic rings. The first-order valence-corrected chi connectivity index (χ1v) is 5.83. The van der Waals surface area contributed by atoms with Crippen molar-refractivity contribution in [2.75, 3.05) is 34.7 Å². The van der Waals surface area contributed by atoms with Crippen LogP contribution in [0.2, 0.25) is 0 Å². The summed E-state index contributed by atoms with van der Waals surface area (Å²) in [5.41, 5.74) is 1.87. The van der Waals surface area contributed by atoms with Crippen LogP contribution in [0.25, 0.3) is 11.0 Å². The molecule has 1 N–H and O–H groups in total. The Bertz CT molecular complexity index is 554. The maximum absolute atomic E-state index is 4.59. The fourth-order valence-electron chi connectivity index (χ4n) is 1.63. The minimum Gasteiger partial charge on any atom is -0.362 e. The van der Waals surface area contributed by atoms with Gasteiger partial charge in [-0.1, -0.05) is 12.1 Å². The Hall–Kier alpha value is -1.95. The summed E-state index contributed by atoms with van der Waals surface area (Å²) in [5.74, 6) is 0.958. The third-order valence-electron chi connectivity index (χ3n) is 2.56. The number of fused-ring (bicyclic) bond motifs is 1. The van der Waals surface area contributed by atoms with E-state index >= 15 is 0 Å².